The van der Waals surface area contributed by atoms with Gasteiger partial charge in [-0.3, -0.25) is 4.79 Å². The molecule has 2 N–H and O–H groups in total. The second-order valence-electron chi connectivity index (χ2n) is 6.58. The predicted molar refractivity (Wildman–Crippen MR) is 92.4 cm³/mol. The molecule has 4 heteroatoms. The summed E-state index contributed by atoms with van der Waals surface area (Å²) in [6.45, 7) is 6.26. The first kappa shape index (κ1) is 17.4. The maximum atomic E-state index is 11.6. The summed E-state index contributed by atoms with van der Waals surface area (Å²) >= 11 is 1.87. The van der Waals surface area contributed by atoms with Crippen molar-refractivity contribution in [3.63, 3.8) is 0 Å². The number of hydrogen-bond acceptors (Lipinski definition) is 3. The summed E-state index contributed by atoms with van der Waals surface area (Å²) in [5, 5.41) is 12.8. The lowest BCUT2D eigenvalue weighted by atomic mass is 9.86. The molecular formula is C18H27NO2S. The third-order valence-electron chi connectivity index (χ3n) is 4.30. The topological polar surface area (TPSA) is 49.3 Å². The van der Waals surface area contributed by atoms with Gasteiger partial charge in [-0.2, -0.15) is 0 Å². The summed E-state index contributed by atoms with van der Waals surface area (Å²) < 4.78 is 0. The van der Waals surface area contributed by atoms with Crippen LogP contribution in [0.25, 0.3) is 0 Å². The quantitative estimate of drug-likeness (QED) is 0.717. The number of benzene rings is 1. The van der Waals surface area contributed by atoms with Gasteiger partial charge >= 0.3 is 5.97 Å². The molecule has 2 atom stereocenters. The zero-order valence-corrected chi connectivity index (χ0v) is 14.4. The van der Waals surface area contributed by atoms with Gasteiger partial charge in [0.05, 0.1) is 5.92 Å². The molecule has 1 aromatic carbocycles. The highest BCUT2D eigenvalue weighted by molar-refractivity contribution is 7.99. The Balaban J connectivity index is 1.97. The highest BCUT2D eigenvalue weighted by atomic mass is 32.2. The van der Waals surface area contributed by atoms with Crippen molar-refractivity contribution in [3.05, 3.63) is 29.8 Å². The van der Waals surface area contributed by atoms with Crippen molar-refractivity contribution in [2.24, 2.45) is 17.8 Å². The zero-order valence-electron chi connectivity index (χ0n) is 13.5. The van der Waals surface area contributed by atoms with E-state index in [1.165, 1.54) is 11.3 Å². The number of thioether (sulfide) groups is 1. The van der Waals surface area contributed by atoms with E-state index in [1.807, 2.05) is 11.8 Å². The molecule has 1 aliphatic rings. The molecular weight excluding hydrogens is 294 g/mol. The van der Waals surface area contributed by atoms with E-state index in [0.717, 1.165) is 36.7 Å². The highest BCUT2D eigenvalue weighted by Gasteiger charge is 2.30. The largest absolute Gasteiger partial charge is 0.481 e. The van der Waals surface area contributed by atoms with Crippen molar-refractivity contribution in [2.75, 3.05) is 18.8 Å². The number of aliphatic carboxylic acids is 1. The lowest BCUT2D eigenvalue weighted by molar-refractivity contribution is -0.143. The summed E-state index contributed by atoms with van der Waals surface area (Å²) in [7, 11) is 0. The Morgan fingerprint density at radius 3 is 2.91 bits per heavy atom. The van der Waals surface area contributed by atoms with E-state index in [9.17, 15) is 9.90 Å². The number of nitrogens with one attached hydrogen (secondary N) is 1. The third kappa shape index (κ3) is 5.33. The normalized spacial score (nSPS) is 19.5. The molecule has 0 aliphatic carbocycles. The highest BCUT2D eigenvalue weighted by Crippen LogP contribution is 2.26. The molecule has 3 nitrogen and oxygen atoms in total. The Kier molecular flexibility index (Phi) is 6.77. The van der Waals surface area contributed by atoms with Gasteiger partial charge in [0.25, 0.3) is 0 Å². The SMILES string of the molecule is CC(C)CCSc1cccc(CC(C(=O)O)C2CCNC2)c1. The molecule has 0 spiro atoms. The minimum Gasteiger partial charge on any atom is -0.481 e. The second-order valence-corrected chi connectivity index (χ2v) is 7.75. The van der Waals surface area contributed by atoms with Crippen molar-refractivity contribution < 1.29 is 9.90 Å². The molecule has 1 fully saturated rings. The van der Waals surface area contributed by atoms with Gasteiger partial charge in [0.2, 0.25) is 0 Å². The summed E-state index contributed by atoms with van der Waals surface area (Å²) in [6, 6.07) is 8.41. The standard InChI is InChI=1S/C18H27NO2S/c1-13(2)7-9-22-16-5-3-4-14(10-16)11-17(18(20)21)15-6-8-19-12-15/h3-5,10,13,15,17,19H,6-9,11-12H2,1-2H3,(H,20,21). The van der Waals surface area contributed by atoms with E-state index >= 15 is 0 Å². The fourth-order valence-corrected chi connectivity index (χ4v) is 4.14. The van der Waals surface area contributed by atoms with Crippen LogP contribution in [0.15, 0.2) is 29.2 Å². The Bertz CT molecular complexity index is 484. The molecule has 0 aromatic heterocycles. The summed E-state index contributed by atoms with van der Waals surface area (Å²) in [6.07, 6.45) is 2.82. The van der Waals surface area contributed by atoms with Gasteiger partial charge in [0, 0.05) is 4.90 Å². The minimum atomic E-state index is -0.661. The lowest BCUT2D eigenvalue weighted by Crippen LogP contribution is -2.27. The molecule has 2 rings (SSSR count). The Morgan fingerprint density at radius 1 is 1.45 bits per heavy atom. The van der Waals surface area contributed by atoms with E-state index in [4.69, 9.17) is 0 Å². The Labute approximate surface area is 137 Å². The van der Waals surface area contributed by atoms with Crippen molar-refractivity contribution in [3.8, 4) is 0 Å². The first-order chi connectivity index (χ1) is 10.6. The van der Waals surface area contributed by atoms with Crippen LogP contribution in [-0.2, 0) is 11.2 Å². The fraction of sp³-hybridized carbons (Fsp3) is 0.611. The average molecular weight is 321 g/mol. The van der Waals surface area contributed by atoms with Gasteiger partial charge in [-0.05, 0) is 67.6 Å². The number of rotatable bonds is 8. The van der Waals surface area contributed by atoms with Crippen LogP contribution in [0.3, 0.4) is 0 Å². The van der Waals surface area contributed by atoms with Crippen molar-refractivity contribution >= 4 is 17.7 Å². The lowest BCUT2D eigenvalue weighted by Gasteiger charge is -2.19. The zero-order chi connectivity index (χ0) is 15.9. The fourth-order valence-electron chi connectivity index (χ4n) is 2.90. The number of carbonyl (C=O) groups is 1. The van der Waals surface area contributed by atoms with Crippen LogP contribution in [0.5, 0.6) is 0 Å². The molecule has 0 bridgehead atoms. The molecule has 1 saturated heterocycles. The van der Waals surface area contributed by atoms with E-state index in [2.05, 4.69) is 43.4 Å². The van der Waals surface area contributed by atoms with Crippen LogP contribution in [0.1, 0.15) is 32.3 Å². The molecule has 122 valence electrons. The van der Waals surface area contributed by atoms with Crippen LogP contribution in [-0.4, -0.2) is 29.9 Å². The van der Waals surface area contributed by atoms with Crippen molar-refractivity contribution in [1.82, 2.24) is 5.32 Å². The Hall–Kier alpha value is -1.00. The molecule has 1 heterocycles. The molecule has 2 unspecified atom stereocenters. The van der Waals surface area contributed by atoms with Gasteiger partial charge in [-0.15, -0.1) is 11.8 Å². The molecule has 1 aliphatic heterocycles. The van der Waals surface area contributed by atoms with Crippen molar-refractivity contribution in [2.45, 2.75) is 38.0 Å². The van der Waals surface area contributed by atoms with E-state index < -0.39 is 5.97 Å². The molecule has 0 saturated carbocycles. The minimum absolute atomic E-state index is 0.259. The van der Waals surface area contributed by atoms with Crippen molar-refractivity contribution in [1.29, 1.82) is 0 Å². The summed E-state index contributed by atoms with van der Waals surface area (Å²) in [4.78, 5) is 12.8. The first-order valence-electron chi connectivity index (χ1n) is 8.21. The van der Waals surface area contributed by atoms with E-state index in [0.29, 0.717) is 6.42 Å². The van der Waals surface area contributed by atoms with Crippen LogP contribution in [0, 0.1) is 17.8 Å². The maximum Gasteiger partial charge on any atom is 0.307 e. The van der Waals surface area contributed by atoms with Gasteiger partial charge in [-0.25, -0.2) is 0 Å². The van der Waals surface area contributed by atoms with E-state index in [1.54, 1.807) is 0 Å². The number of carboxylic acids is 1. The van der Waals surface area contributed by atoms with Crippen LogP contribution < -0.4 is 5.32 Å². The van der Waals surface area contributed by atoms with Crippen LogP contribution in [0.4, 0.5) is 0 Å². The van der Waals surface area contributed by atoms with Gasteiger partial charge in [0.1, 0.15) is 0 Å². The van der Waals surface area contributed by atoms with E-state index in [-0.39, 0.29) is 11.8 Å². The molecule has 0 amide bonds. The number of carboxylic acid groups (broad SMARTS) is 1. The smallest absolute Gasteiger partial charge is 0.307 e. The monoisotopic (exact) mass is 321 g/mol. The summed E-state index contributed by atoms with van der Waals surface area (Å²) in [5.41, 5.74) is 1.15. The van der Waals surface area contributed by atoms with Gasteiger partial charge in [-0.1, -0.05) is 26.0 Å². The average Bonchev–Trinajstić information content (AvgIpc) is 2.98. The van der Waals surface area contributed by atoms with Gasteiger partial charge in [0.15, 0.2) is 0 Å². The first-order valence-corrected chi connectivity index (χ1v) is 9.20. The van der Waals surface area contributed by atoms with Crippen LogP contribution >= 0.6 is 11.8 Å². The molecule has 1 aromatic rings. The maximum absolute atomic E-state index is 11.6. The predicted octanol–water partition coefficient (Wildman–Crippen LogP) is 3.68. The third-order valence-corrected chi connectivity index (χ3v) is 5.33. The number of hydrogen-bond donors (Lipinski definition) is 2. The Morgan fingerprint density at radius 2 is 2.27 bits per heavy atom. The second kappa shape index (κ2) is 8.59. The van der Waals surface area contributed by atoms with Gasteiger partial charge < -0.3 is 10.4 Å². The molecule has 22 heavy (non-hydrogen) atoms. The molecule has 0 radical (unpaired) electrons. The summed E-state index contributed by atoms with van der Waals surface area (Å²) in [5.74, 6) is 1.17. The van der Waals surface area contributed by atoms with Crippen LogP contribution in [0.2, 0.25) is 0 Å².